The second-order valence-electron chi connectivity index (χ2n) is 5.85. The molecule has 0 saturated heterocycles. The van der Waals surface area contributed by atoms with Gasteiger partial charge in [-0.2, -0.15) is 5.10 Å². The molecule has 1 amide bonds. The molecular formula is C19H15ClN4O3S. The van der Waals surface area contributed by atoms with Crippen LogP contribution in [0.5, 0.6) is 5.88 Å². The molecule has 1 heterocycles. The van der Waals surface area contributed by atoms with E-state index >= 15 is 0 Å². The fraction of sp³-hybridized carbons (Fsp3) is 0.0526. The summed E-state index contributed by atoms with van der Waals surface area (Å²) in [5.74, 6) is -0.945. The van der Waals surface area contributed by atoms with Gasteiger partial charge in [-0.1, -0.05) is 35.9 Å². The zero-order valence-electron chi connectivity index (χ0n) is 14.6. The van der Waals surface area contributed by atoms with Crippen molar-refractivity contribution in [2.45, 2.75) is 6.92 Å². The maximum absolute atomic E-state index is 12.2. The van der Waals surface area contributed by atoms with E-state index in [2.05, 4.69) is 15.5 Å². The van der Waals surface area contributed by atoms with Gasteiger partial charge < -0.3 is 5.11 Å². The minimum atomic E-state index is -0.637. The molecule has 0 aliphatic rings. The Morgan fingerprint density at radius 1 is 1.29 bits per heavy atom. The first kappa shape index (κ1) is 19.5. The minimum absolute atomic E-state index is 0.0327. The van der Waals surface area contributed by atoms with E-state index < -0.39 is 17.3 Å². The SMILES string of the molecule is Cc1cccc(-n2c(O)c(C=NNC(=O)c3ccccc3Cl)c(=O)[nH]c2=S)c1. The van der Waals surface area contributed by atoms with Gasteiger partial charge in [0.05, 0.1) is 22.5 Å². The molecule has 28 heavy (non-hydrogen) atoms. The number of nitrogens with zero attached hydrogens (tertiary/aromatic N) is 2. The smallest absolute Gasteiger partial charge is 0.272 e. The van der Waals surface area contributed by atoms with E-state index in [-0.39, 0.29) is 20.9 Å². The quantitative estimate of drug-likeness (QED) is 0.346. The Morgan fingerprint density at radius 3 is 2.75 bits per heavy atom. The van der Waals surface area contributed by atoms with Gasteiger partial charge >= 0.3 is 0 Å². The van der Waals surface area contributed by atoms with Crippen molar-refractivity contribution in [2.24, 2.45) is 5.10 Å². The van der Waals surface area contributed by atoms with E-state index in [0.717, 1.165) is 11.8 Å². The Morgan fingerprint density at radius 2 is 2.04 bits per heavy atom. The first-order valence-electron chi connectivity index (χ1n) is 8.11. The lowest BCUT2D eigenvalue weighted by Gasteiger charge is -2.11. The largest absolute Gasteiger partial charge is 0.494 e. The number of rotatable bonds is 4. The van der Waals surface area contributed by atoms with Crippen molar-refractivity contribution in [2.75, 3.05) is 0 Å². The number of hydrogen-bond donors (Lipinski definition) is 3. The van der Waals surface area contributed by atoms with E-state index in [9.17, 15) is 14.7 Å². The number of hydrazone groups is 1. The van der Waals surface area contributed by atoms with E-state index in [1.807, 2.05) is 13.0 Å². The highest BCUT2D eigenvalue weighted by molar-refractivity contribution is 7.71. The number of carbonyl (C=O) groups is 1. The summed E-state index contributed by atoms with van der Waals surface area (Å²) in [6.07, 6.45) is 1.05. The molecule has 3 N–H and O–H groups in total. The molecule has 9 heteroatoms. The van der Waals surface area contributed by atoms with Crippen LogP contribution in [0.1, 0.15) is 21.5 Å². The average Bonchev–Trinajstić information content (AvgIpc) is 2.64. The molecule has 0 fully saturated rings. The summed E-state index contributed by atoms with van der Waals surface area (Å²) < 4.78 is 1.34. The van der Waals surface area contributed by atoms with Crippen LogP contribution < -0.4 is 11.0 Å². The van der Waals surface area contributed by atoms with Gasteiger partial charge in [-0.15, -0.1) is 0 Å². The van der Waals surface area contributed by atoms with Gasteiger partial charge in [-0.25, -0.2) is 5.43 Å². The van der Waals surface area contributed by atoms with E-state index in [0.29, 0.717) is 5.69 Å². The molecule has 0 saturated carbocycles. The van der Waals surface area contributed by atoms with Crippen molar-refractivity contribution in [1.82, 2.24) is 15.0 Å². The standard InChI is InChI=1S/C19H15ClN4O3S/c1-11-5-4-6-12(9-11)24-18(27)14(16(25)22-19(24)28)10-21-23-17(26)13-7-2-3-8-15(13)20/h2-10,27H,1H3,(H,23,26)(H,22,25,28). The lowest BCUT2D eigenvalue weighted by molar-refractivity contribution is 0.0955. The van der Waals surface area contributed by atoms with Crippen molar-refractivity contribution < 1.29 is 9.90 Å². The van der Waals surface area contributed by atoms with Crippen LogP contribution in [0, 0.1) is 11.7 Å². The van der Waals surface area contributed by atoms with Gasteiger partial charge in [0.15, 0.2) is 4.77 Å². The predicted molar refractivity (Wildman–Crippen MR) is 110 cm³/mol. The molecule has 0 aliphatic carbocycles. The fourth-order valence-corrected chi connectivity index (χ4v) is 3.03. The molecule has 2 aromatic carbocycles. The number of hydrogen-bond acceptors (Lipinski definition) is 5. The minimum Gasteiger partial charge on any atom is -0.494 e. The Labute approximate surface area is 169 Å². The van der Waals surface area contributed by atoms with E-state index in [4.69, 9.17) is 23.8 Å². The number of nitrogens with one attached hydrogen (secondary N) is 2. The third kappa shape index (κ3) is 4.03. The number of halogens is 1. The summed E-state index contributed by atoms with van der Waals surface area (Å²) in [6, 6.07) is 13.7. The van der Waals surface area contributed by atoms with Crippen LogP contribution in [0.25, 0.3) is 5.69 Å². The molecular weight excluding hydrogens is 400 g/mol. The van der Waals surface area contributed by atoms with Crippen molar-refractivity contribution in [3.05, 3.63) is 85.4 Å². The molecule has 0 bridgehead atoms. The van der Waals surface area contributed by atoms with Crippen molar-refractivity contribution in [1.29, 1.82) is 0 Å². The summed E-state index contributed by atoms with van der Waals surface area (Å²) in [6.45, 7) is 1.89. The normalized spacial score (nSPS) is 10.9. The van der Waals surface area contributed by atoms with Crippen LogP contribution in [-0.2, 0) is 0 Å². The van der Waals surface area contributed by atoms with E-state index in [1.54, 1.807) is 36.4 Å². The summed E-state index contributed by atoms with van der Waals surface area (Å²) in [4.78, 5) is 26.8. The topological polar surface area (TPSA) is 99.5 Å². The highest BCUT2D eigenvalue weighted by Gasteiger charge is 2.13. The molecule has 0 radical (unpaired) electrons. The Balaban J connectivity index is 1.94. The maximum atomic E-state index is 12.2. The van der Waals surface area contributed by atoms with Crippen molar-refractivity contribution in [3.63, 3.8) is 0 Å². The molecule has 0 aliphatic heterocycles. The van der Waals surface area contributed by atoms with Gasteiger partial charge in [-0.05, 0) is 49.0 Å². The molecule has 142 valence electrons. The summed E-state index contributed by atoms with van der Waals surface area (Å²) >= 11 is 11.1. The lowest BCUT2D eigenvalue weighted by atomic mass is 10.2. The summed E-state index contributed by atoms with van der Waals surface area (Å²) in [7, 11) is 0. The highest BCUT2D eigenvalue weighted by atomic mass is 35.5. The number of aryl methyl sites for hydroxylation is 1. The van der Waals surface area contributed by atoms with Gasteiger partial charge in [0.2, 0.25) is 5.88 Å². The van der Waals surface area contributed by atoms with Gasteiger partial charge in [0.1, 0.15) is 5.56 Å². The van der Waals surface area contributed by atoms with Crippen molar-refractivity contribution in [3.8, 4) is 11.6 Å². The van der Waals surface area contributed by atoms with Gasteiger partial charge in [0, 0.05) is 0 Å². The monoisotopic (exact) mass is 414 g/mol. The van der Waals surface area contributed by atoms with Gasteiger partial charge in [-0.3, -0.25) is 19.1 Å². The molecule has 0 unspecified atom stereocenters. The number of carbonyl (C=O) groups excluding carboxylic acids is 1. The summed E-state index contributed by atoms with van der Waals surface area (Å²) in [5.41, 5.74) is 3.24. The Kier molecular flexibility index (Phi) is 5.72. The van der Waals surface area contributed by atoms with Crippen LogP contribution in [0.3, 0.4) is 0 Å². The number of aromatic nitrogens is 2. The molecule has 3 aromatic rings. The second-order valence-corrected chi connectivity index (χ2v) is 6.64. The molecule has 7 nitrogen and oxygen atoms in total. The van der Waals surface area contributed by atoms with Gasteiger partial charge in [0.25, 0.3) is 11.5 Å². The van der Waals surface area contributed by atoms with Crippen LogP contribution in [0.2, 0.25) is 5.02 Å². The predicted octanol–water partition coefficient (Wildman–Crippen LogP) is 3.33. The number of amides is 1. The average molecular weight is 415 g/mol. The second kappa shape index (κ2) is 8.20. The Hall–Kier alpha value is -3.23. The van der Waals surface area contributed by atoms with Crippen molar-refractivity contribution >= 4 is 35.9 Å². The third-order valence-electron chi connectivity index (χ3n) is 3.86. The highest BCUT2D eigenvalue weighted by Crippen LogP contribution is 2.19. The zero-order chi connectivity index (χ0) is 20.3. The molecule has 0 spiro atoms. The van der Waals surface area contributed by atoms with Crippen LogP contribution in [0.4, 0.5) is 0 Å². The molecule has 3 rings (SSSR count). The Bertz CT molecular complexity index is 1200. The van der Waals surface area contributed by atoms with Crippen LogP contribution in [0.15, 0.2) is 58.4 Å². The third-order valence-corrected chi connectivity index (χ3v) is 4.47. The van der Waals surface area contributed by atoms with Crippen LogP contribution >= 0.6 is 23.8 Å². The number of benzene rings is 2. The number of H-pyrrole nitrogens is 1. The zero-order valence-corrected chi connectivity index (χ0v) is 16.2. The number of aromatic amines is 1. The first-order valence-corrected chi connectivity index (χ1v) is 8.90. The van der Waals surface area contributed by atoms with E-state index in [1.165, 1.54) is 10.6 Å². The molecule has 0 atom stereocenters. The maximum Gasteiger partial charge on any atom is 0.272 e. The molecule has 1 aromatic heterocycles. The van der Waals surface area contributed by atoms with Crippen LogP contribution in [-0.4, -0.2) is 26.8 Å². The number of aromatic hydroxyl groups is 1. The first-order chi connectivity index (χ1) is 13.4. The fourth-order valence-electron chi connectivity index (χ4n) is 2.52. The summed E-state index contributed by atoms with van der Waals surface area (Å²) in [5, 5.41) is 14.6. The lowest BCUT2D eigenvalue weighted by Crippen LogP contribution is -2.21.